The number of aromatic amines is 1. The first-order valence-electron chi connectivity index (χ1n) is 18.9. The molecule has 3 aromatic rings. The maximum absolute atomic E-state index is 14.1. The number of methoxy groups -OCH3 is 1. The third-order valence-electron chi connectivity index (χ3n) is 12.2. The summed E-state index contributed by atoms with van der Waals surface area (Å²) in [5, 5.41) is 6.27. The third-order valence-corrected chi connectivity index (χ3v) is 12.2. The van der Waals surface area contributed by atoms with Crippen molar-refractivity contribution in [2.75, 3.05) is 63.9 Å². The van der Waals surface area contributed by atoms with Crippen molar-refractivity contribution in [3.63, 3.8) is 0 Å². The number of ether oxygens (including phenoxy) is 3. The number of nitrogens with one attached hydrogen (secondary N) is 3. The maximum atomic E-state index is 14.1. The van der Waals surface area contributed by atoms with E-state index in [1.165, 1.54) is 0 Å². The van der Waals surface area contributed by atoms with Gasteiger partial charge in [0.05, 0.1) is 37.3 Å². The molecule has 3 fully saturated rings. The molecular formula is C41H53N5O6. The summed E-state index contributed by atoms with van der Waals surface area (Å²) in [6.45, 7) is 9.93. The van der Waals surface area contributed by atoms with Crippen LogP contribution in [0.5, 0.6) is 5.75 Å². The van der Waals surface area contributed by atoms with E-state index in [4.69, 9.17) is 14.2 Å². The minimum atomic E-state index is -0.547. The van der Waals surface area contributed by atoms with Crippen LogP contribution in [-0.2, 0) is 26.1 Å². The topological polar surface area (TPSA) is 125 Å². The number of anilines is 2. The molecule has 2 saturated heterocycles. The fourth-order valence-electron chi connectivity index (χ4n) is 8.89. The quantitative estimate of drug-likeness (QED) is 0.251. The molecule has 0 radical (unpaired) electrons. The Labute approximate surface area is 306 Å². The number of aromatic nitrogens is 1. The molecule has 52 heavy (non-hydrogen) atoms. The Balaban J connectivity index is 1.19. The van der Waals surface area contributed by atoms with Crippen LogP contribution in [0.4, 0.5) is 11.4 Å². The van der Waals surface area contributed by atoms with Gasteiger partial charge in [-0.25, -0.2) is 0 Å². The van der Waals surface area contributed by atoms with Gasteiger partial charge in [0, 0.05) is 61.0 Å². The maximum Gasteiger partial charge on any atom is 0.255 e. The number of fused-ring (bicyclic) bond motifs is 2. The van der Waals surface area contributed by atoms with Gasteiger partial charge in [0.25, 0.3) is 11.5 Å². The van der Waals surface area contributed by atoms with Gasteiger partial charge in [0.2, 0.25) is 5.91 Å². The van der Waals surface area contributed by atoms with Crippen molar-refractivity contribution in [2.45, 2.75) is 89.3 Å². The molecule has 0 bridgehead atoms. The lowest BCUT2D eigenvalue weighted by Gasteiger charge is -2.45. The Morgan fingerprint density at radius 3 is 2.37 bits per heavy atom. The molecule has 4 aliphatic rings. The molecule has 4 heterocycles. The Kier molecular flexibility index (Phi) is 10.5. The van der Waals surface area contributed by atoms with E-state index in [1.54, 1.807) is 13.2 Å². The molecule has 2 amide bonds. The number of aryl methyl sites for hydroxylation is 1. The predicted octanol–water partition coefficient (Wildman–Crippen LogP) is 5.11. The zero-order valence-corrected chi connectivity index (χ0v) is 31.2. The highest BCUT2D eigenvalue weighted by molar-refractivity contribution is 6.07. The molecule has 1 spiro atoms. The number of nitrogens with zero attached hydrogens (tertiary/aromatic N) is 2. The summed E-state index contributed by atoms with van der Waals surface area (Å²) in [5.41, 5.74) is 6.77. The van der Waals surface area contributed by atoms with Gasteiger partial charge in [-0.1, -0.05) is 12.1 Å². The van der Waals surface area contributed by atoms with Crippen molar-refractivity contribution >= 4 is 23.2 Å². The number of hydrogen-bond acceptors (Lipinski definition) is 8. The Bertz CT molecular complexity index is 1870. The Morgan fingerprint density at radius 1 is 0.962 bits per heavy atom. The molecule has 3 N–H and O–H groups in total. The van der Waals surface area contributed by atoms with Gasteiger partial charge < -0.3 is 34.7 Å². The highest BCUT2D eigenvalue weighted by Gasteiger charge is 2.47. The first-order valence-corrected chi connectivity index (χ1v) is 18.9. The van der Waals surface area contributed by atoms with Gasteiger partial charge in [-0.3, -0.25) is 19.3 Å². The summed E-state index contributed by atoms with van der Waals surface area (Å²) in [6, 6.07) is 13.6. The highest BCUT2D eigenvalue weighted by atomic mass is 16.5. The molecule has 1 saturated carbocycles. The van der Waals surface area contributed by atoms with Crippen LogP contribution < -0.4 is 25.8 Å². The molecule has 1 aliphatic carbocycles. The molecule has 0 unspecified atom stereocenters. The second-order valence-electron chi connectivity index (χ2n) is 15.0. The van der Waals surface area contributed by atoms with Crippen LogP contribution in [0.25, 0.3) is 11.1 Å². The predicted molar refractivity (Wildman–Crippen MR) is 203 cm³/mol. The van der Waals surface area contributed by atoms with Gasteiger partial charge in [0.1, 0.15) is 5.75 Å². The molecule has 0 atom stereocenters. The van der Waals surface area contributed by atoms with E-state index in [0.717, 1.165) is 84.8 Å². The number of carbonyl (C=O) groups excluding carboxylic acids is 2. The average Bonchev–Trinajstić information content (AvgIpc) is 3.38. The lowest BCUT2D eigenvalue weighted by molar-refractivity contribution is -0.124. The molecule has 11 heteroatoms. The second-order valence-corrected chi connectivity index (χ2v) is 15.0. The SMILES string of the molecule is CCN(c1cc(-c2ccc3c(c2)NC(=O)C32CCOCC2)cc(C(=O)NCCc2c(OC)cc(C)[nH]c2=O)c1C)C1CCC(N(C)C2COC2)CC1. The van der Waals surface area contributed by atoms with E-state index in [1.807, 2.05) is 19.9 Å². The number of benzene rings is 2. The number of carbonyl (C=O) groups is 2. The van der Waals surface area contributed by atoms with Gasteiger partial charge in [0.15, 0.2) is 0 Å². The molecule has 3 aliphatic heterocycles. The Morgan fingerprint density at radius 2 is 1.69 bits per heavy atom. The summed E-state index contributed by atoms with van der Waals surface area (Å²) >= 11 is 0. The van der Waals surface area contributed by atoms with Gasteiger partial charge in [-0.2, -0.15) is 0 Å². The number of rotatable bonds is 11. The van der Waals surface area contributed by atoms with Gasteiger partial charge >= 0.3 is 0 Å². The fourth-order valence-corrected chi connectivity index (χ4v) is 8.89. The summed E-state index contributed by atoms with van der Waals surface area (Å²) in [6.07, 6.45) is 6.07. The van der Waals surface area contributed by atoms with Gasteiger partial charge in [-0.15, -0.1) is 0 Å². The molecule has 1 aromatic heterocycles. The van der Waals surface area contributed by atoms with Crippen molar-refractivity contribution in [3.8, 4) is 16.9 Å². The van der Waals surface area contributed by atoms with Crippen LogP contribution >= 0.6 is 0 Å². The van der Waals surface area contributed by atoms with Crippen LogP contribution in [0.15, 0.2) is 41.2 Å². The van der Waals surface area contributed by atoms with Crippen molar-refractivity contribution < 1.29 is 23.8 Å². The van der Waals surface area contributed by atoms with Crippen LogP contribution in [-0.4, -0.2) is 93.5 Å². The smallest absolute Gasteiger partial charge is 0.255 e. The largest absolute Gasteiger partial charge is 0.496 e. The zero-order valence-electron chi connectivity index (χ0n) is 31.2. The number of amides is 2. The summed E-state index contributed by atoms with van der Waals surface area (Å²) in [5.74, 6) is 0.366. The normalized spacial score (nSPS) is 21.1. The highest BCUT2D eigenvalue weighted by Crippen LogP contribution is 2.46. The summed E-state index contributed by atoms with van der Waals surface area (Å²) in [4.78, 5) is 48.0. The van der Waals surface area contributed by atoms with Crippen LogP contribution in [0, 0.1) is 13.8 Å². The molecule has 7 rings (SSSR count). The van der Waals surface area contributed by atoms with E-state index in [-0.39, 0.29) is 23.9 Å². The van der Waals surface area contributed by atoms with E-state index < -0.39 is 5.41 Å². The molecule has 278 valence electrons. The minimum Gasteiger partial charge on any atom is -0.496 e. The number of H-pyrrole nitrogens is 1. The van der Waals surface area contributed by atoms with Crippen LogP contribution in [0.3, 0.4) is 0 Å². The van der Waals surface area contributed by atoms with E-state index in [9.17, 15) is 14.4 Å². The first-order chi connectivity index (χ1) is 25.1. The van der Waals surface area contributed by atoms with Crippen molar-refractivity contribution in [1.29, 1.82) is 0 Å². The van der Waals surface area contributed by atoms with Crippen LogP contribution in [0.2, 0.25) is 0 Å². The van der Waals surface area contributed by atoms with Crippen molar-refractivity contribution in [1.82, 2.24) is 15.2 Å². The van der Waals surface area contributed by atoms with Crippen LogP contribution in [0.1, 0.15) is 78.2 Å². The molecule has 11 nitrogen and oxygen atoms in total. The standard InChI is InChI=1S/C41H53N5O6/c1-6-46(30-10-8-29(9-11-30)45(4)31-23-52-24-31)36-22-28(27-7-12-34-35(21-27)44-40(49)41(34)14-17-51-18-15-41)20-33(26(36)3)38(47)42-16-13-32-37(50-5)19-25(2)43-39(32)48/h7,12,19-22,29-31H,6,8-11,13-18,23-24H2,1-5H3,(H,42,47)(H,43,48)(H,44,49). The van der Waals surface area contributed by atoms with E-state index in [2.05, 4.69) is 63.7 Å². The van der Waals surface area contributed by atoms with Crippen molar-refractivity contribution in [3.05, 3.63) is 74.7 Å². The first kappa shape index (κ1) is 36.2. The van der Waals surface area contributed by atoms with Gasteiger partial charge in [-0.05, 0) is 119 Å². The fraction of sp³-hybridized carbons (Fsp3) is 0.537. The molecule has 2 aromatic carbocycles. The zero-order chi connectivity index (χ0) is 36.6. The second kappa shape index (κ2) is 15.0. The van der Waals surface area contributed by atoms with E-state index >= 15 is 0 Å². The Hall–Kier alpha value is -4.19. The average molecular weight is 712 g/mol. The minimum absolute atomic E-state index is 0.0416. The number of pyridine rings is 1. The lowest BCUT2D eigenvalue weighted by atomic mass is 9.75. The van der Waals surface area contributed by atoms with E-state index in [0.29, 0.717) is 67.5 Å². The lowest BCUT2D eigenvalue weighted by Crippen LogP contribution is -2.53. The third kappa shape index (κ3) is 6.74. The van der Waals surface area contributed by atoms with Crippen molar-refractivity contribution in [2.24, 2.45) is 0 Å². The summed E-state index contributed by atoms with van der Waals surface area (Å²) in [7, 11) is 3.79. The number of hydrogen-bond donors (Lipinski definition) is 3. The molecular weight excluding hydrogens is 658 g/mol. The number of likely N-dealkylation sites (N-methyl/N-ethyl adjacent to an activating group) is 1. The monoisotopic (exact) mass is 711 g/mol. The summed E-state index contributed by atoms with van der Waals surface area (Å²) < 4.78 is 16.6.